The van der Waals surface area contributed by atoms with Gasteiger partial charge in [0.15, 0.2) is 11.5 Å². The molecule has 1 saturated heterocycles. The Morgan fingerprint density at radius 2 is 2.19 bits per heavy atom. The number of amides is 1. The number of H-pyrrole nitrogens is 1. The molecule has 1 amide bonds. The molecular formula is C19H24N4O3. The Morgan fingerprint density at radius 1 is 1.35 bits per heavy atom. The molecule has 3 heterocycles. The molecule has 26 heavy (non-hydrogen) atoms. The summed E-state index contributed by atoms with van der Waals surface area (Å²) in [7, 11) is 0. The highest BCUT2D eigenvalue weighted by Crippen LogP contribution is 2.33. The molecule has 138 valence electrons. The summed E-state index contributed by atoms with van der Waals surface area (Å²) in [6, 6.07) is 6.18. The minimum absolute atomic E-state index is 0.0726. The third-order valence-corrected chi connectivity index (χ3v) is 4.91. The molecule has 0 spiro atoms. The van der Waals surface area contributed by atoms with Crippen LogP contribution in [0.3, 0.4) is 0 Å². The van der Waals surface area contributed by atoms with Crippen LogP contribution in [0.15, 0.2) is 24.4 Å². The van der Waals surface area contributed by atoms with Crippen LogP contribution in [0.2, 0.25) is 0 Å². The fourth-order valence-electron chi connectivity index (χ4n) is 3.78. The molecule has 4 rings (SSSR count). The number of aromatic amines is 1. The summed E-state index contributed by atoms with van der Waals surface area (Å²) in [6.45, 7) is 5.61. The van der Waals surface area contributed by atoms with E-state index in [9.17, 15) is 4.79 Å². The fraction of sp³-hybridized carbons (Fsp3) is 0.474. The third-order valence-electron chi connectivity index (χ3n) is 4.91. The van der Waals surface area contributed by atoms with Crippen LogP contribution in [0, 0.1) is 0 Å². The van der Waals surface area contributed by atoms with E-state index < -0.39 is 0 Å². The normalized spacial score (nSPS) is 20.0. The summed E-state index contributed by atoms with van der Waals surface area (Å²) in [4.78, 5) is 13.8. The number of likely N-dealkylation sites (tertiary alicyclic amines) is 1. The molecule has 0 bridgehead atoms. The molecule has 7 heteroatoms. The number of anilines is 1. The van der Waals surface area contributed by atoms with Gasteiger partial charge in [0.1, 0.15) is 13.2 Å². The number of aromatic nitrogens is 2. The Morgan fingerprint density at radius 3 is 3.04 bits per heavy atom. The van der Waals surface area contributed by atoms with Crippen molar-refractivity contribution in [3.63, 3.8) is 0 Å². The maximum atomic E-state index is 11.4. The van der Waals surface area contributed by atoms with Crippen molar-refractivity contribution in [2.24, 2.45) is 0 Å². The molecule has 2 aromatic rings. The van der Waals surface area contributed by atoms with Crippen molar-refractivity contribution < 1.29 is 14.3 Å². The fourth-order valence-corrected chi connectivity index (χ4v) is 3.78. The molecule has 1 fully saturated rings. The predicted octanol–water partition coefficient (Wildman–Crippen LogP) is 2.52. The van der Waals surface area contributed by atoms with E-state index in [1.54, 1.807) is 6.20 Å². The molecule has 1 unspecified atom stereocenters. The first-order valence-corrected chi connectivity index (χ1v) is 9.11. The number of rotatable bonds is 4. The van der Waals surface area contributed by atoms with Crippen LogP contribution >= 0.6 is 0 Å². The standard InChI is InChI=1S/C19H24N4O3/c1-13(24)21-16-10-20-22-19(16)15-3-2-6-23(12-15)11-14-4-5-17-18(9-14)26-8-7-25-17/h4-5,9-10,15H,2-3,6-8,11-12H2,1H3,(H,20,22)(H,21,24). The van der Waals surface area contributed by atoms with Gasteiger partial charge in [-0.05, 0) is 37.1 Å². The molecule has 1 aromatic heterocycles. The highest BCUT2D eigenvalue weighted by atomic mass is 16.6. The highest BCUT2D eigenvalue weighted by Gasteiger charge is 2.25. The second-order valence-corrected chi connectivity index (χ2v) is 6.93. The second-order valence-electron chi connectivity index (χ2n) is 6.93. The Balaban J connectivity index is 1.44. The Hall–Kier alpha value is -2.54. The first kappa shape index (κ1) is 16.9. The Labute approximate surface area is 152 Å². The van der Waals surface area contributed by atoms with E-state index in [4.69, 9.17) is 9.47 Å². The number of piperidine rings is 1. The van der Waals surface area contributed by atoms with Gasteiger partial charge in [0, 0.05) is 25.9 Å². The van der Waals surface area contributed by atoms with Crippen LogP contribution < -0.4 is 14.8 Å². The largest absolute Gasteiger partial charge is 0.486 e. The number of carbonyl (C=O) groups is 1. The first-order chi connectivity index (χ1) is 12.7. The quantitative estimate of drug-likeness (QED) is 0.880. The van der Waals surface area contributed by atoms with Crippen molar-refractivity contribution >= 4 is 11.6 Å². The number of nitrogens with zero attached hydrogens (tertiary/aromatic N) is 2. The summed E-state index contributed by atoms with van der Waals surface area (Å²) < 4.78 is 11.3. The van der Waals surface area contributed by atoms with Gasteiger partial charge in [-0.1, -0.05) is 6.07 Å². The molecule has 1 atom stereocenters. The van der Waals surface area contributed by atoms with Gasteiger partial charge in [0.05, 0.1) is 17.6 Å². The molecule has 2 aliphatic rings. The summed E-state index contributed by atoms with van der Waals surface area (Å²) in [5.41, 5.74) is 3.04. The van der Waals surface area contributed by atoms with E-state index in [-0.39, 0.29) is 5.91 Å². The van der Waals surface area contributed by atoms with E-state index in [0.29, 0.717) is 19.1 Å². The third kappa shape index (κ3) is 3.67. The lowest BCUT2D eigenvalue weighted by Gasteiger charge is -2.32. The molecule has 7 nitrogen and oxygen atoms in total. The zero-order valence-electron chi connectivity index (χ0n) is 15.0. The van der Waals surface area contributed by atoms with Gasteiger partial charge in [-0.25, -0.2) is 0 Å². The summed E-state index contributed by atoms with van der Waals surface area (Å²) in [5.74, 6) is 1.93. The van der Waals surface area contributed by atoms with Crippen LogP contribution in [0.4, 0.5) is 5.69 Å². The van der Waals surface area contributed by atoms with Crippen LogP contribution in [-0.4, -0.2) is 47.3 Å². The molecule has 1 aromatic carbocycles. The molecular weight excluding hydrogens is 332 g/mol. The van der Waals surface area contributed by atoms with Crippen molar-refractivity contribution in [3.8, 4) is 11.5 Å². The van der Waals surface area contributed by atoms with Crippen LogP contribution in [0.1, 0.15) is 36.9 Å². The number of nitrogens with one attached hydrogen (secondary N) is 2. The molecule has 0 radical (unpaired) electrons. The maximum Gasteiger partial charge on any atom is 0.221 e. The summed E-state index contributed by atoms with van der Waals surface area (Å²) >= 11 is 0. The lowest BCUT2D eigenvalue weighted by molar-refractivity contribution is -0.114. The highest BCUT2D eigenvalue weighted by molar-refractivity contribution is 5.89. The zero-order chi connectivity index (χ0) is 17.9. The van der Waals surface area contributed by atoms with E-state index in [1.807, 2.05) is 6.07 Å². The minimum atomic E-state index is -0.0726. The SMILES string of the molecule is CC(=O)Nc1cn[nH]c1C1CCCN(Cc2ccc3c(c2)OCCO3)C1. The van der Waals surface area contributed by atoms with E-state index >= 15 is 0 Å². The molecule has 2 N–H and O–H groups in total. The average Bonchev–Trinajstić information content (AvgIpc) is 3.09. The molecule has 2 aliphatic heterocycles. The lowest BCUT2D eigenvalue weighted by atomic mass is 9.93. The van der Waals surface area contributed by atoms with Gasteiger partial charge in [-0.3, -0.25) is 14.8 Å². The molecule has 0 aliphatic carbocycles. The van der Waals surface area contributed by atoms with Crippen molar-refractivity contribution in [1.82, 2.24) is 15.1 Å². The monoisotopic (exact) mass is 356 g/mol. The van der Waals surface area contributed by atoms with Gasteiger partial charge in [0.2, 0.25) is 5.91 Å². The Bertz CT molecular complexity index is 789. The van der Waals surface area contributed by atoms with Crippen molar-refractivity contribution in [2.45, 2.75) is 32.2 Å². The van der Waals surface area contributed by atoms with Gasteiger partial charge in [-0.15, -0.1) is 0 Å². The van der Waals surface area contributed by atoms with Crippen molar-refractivity contribution in [1.29, 1.82) is 0 Å². The second kappa shape index (κ2) is 7.37. The van der Waals surface area contributed by atoms with Crippen molar-refractivity contribution in [2.75, 3.05) is 31.6 Å². The average molecular weight is 356 g/mol. The zero-order valence-corrected chi connectivity index (χ0v) is 15.0. The number of hydrogen-bond acceptors (Lipinski definition) is 5. The minimum Gasteiger partial charge on any atom is -0.486 e. The first-order valence-electron chi connectivity index (χ1n) is 9.11. The Kier molecular flexibility index (Phi) is 4.79. The maximum absolute atomic E-state index is 11.4. The van der Waals surface area contributed by atoms with Crippen LogP contribution in [0.25, 0.3) is 0 Å². The number of benzene rings is 1. The van der Waals surface area contributed by atoms with E-state index in [1.165, 1.54) is 12.5 Å². The number of ether oxygens (including phenoxy) is 2. The topological polar surface area (TPSA) is 79.5 Å². The van der Waals surface area contributed by atoms with Crippen molar-refractivity contribution in [3.05, 3.63) is 35.7 Å². The van der Waals surface area contributed by atoms with Crippen LogP contribution in [-0.2, 0) is 11.3 Å². The van der Waals surface area contributed by atoms with E-state index in [2.05, 4.69) is 32.5 Å². The summed E-state index contributed by atoms with van der Waals surface area (Å²) in [5, 5.41) is 10.1. The number of fused-ring (bicyclic) bond motifs is 1. The number of hydrogen-bond donors (Lipinski definition) is 2. The van der Waals surface area contributed by atoms with Gasteiger partial charge >= 0.3 is 0 Å². The molecule has 0 saturated carbocycles. The number of carbonyl (C=O) groups excluding carboxylic acids is 1. The van der Waals surface area contributed by atoms with E-state index in [0.717, 1.165) is 55.4 Å². The lowest BCUT2D eigenvalue weighted by Crippen LogP contribution is -2.34. The van der Waals surface area contributed by atoms with Gasteiger partial charge < -0.3 is 14.8 Å². The van der Waals surface area contributed by atoms with Crippen LogP contribution in [0.5, 0.6) is 11.5 Å². The van der Waals surface area contributed by atoms with Gasteiger partial charge in [-0.2, -0.15) is 5.10 Å². The smallest absolute Gasteiger partial charge is 0.221 e. The summed E-state index contributed by atoms with van der Waals surface area (Å²) in [6.07, 6.45) is 3.90. The predicted molar refractivity (Wildman–Crippen MR) is 97.6 cm³/mol. The van der Waals surface area contributed by atoms with Gasteiger partial charge in [0.25, 0.3) is 0 Å².